The molecule has 0 saturated heterocycles. The molecule has 1 N–H and O–H groups in total. The molecule has 0 aliphatic carbocycles. The normalized spacial score (nSPS) is 13.3. The van der Waals surface area contributed by atoms with E-state index in [1.165, 1.54) is 6.07 Å². The fraction of sp³-hybridized carbons (Fsp3) is 0.625. The van der Waals surface area contributed by atoms with Gasteiger partial charge in [-0.1, -0.05) is 12.1 Å². The first-order chi connectivity index (χ1) is 9.26. The number of methoxy groups -OCH3 is 1. The predicted molar refractivity (Wildman–Crippen MR) is 82.7 cm³/mol. The molecule has 0 spiro atoms. The number of likely N-dealkylation sites (N-methyl/N-ethyl adjacent to an activating group) is 1. The third-order valence-electron chi connectivity index (χ3n) is 3.30. The lowest BCUT2D eigenvalue weighted by Crippen LogP contribution is -2.37. The molecular weight excluding hydrogens is 255 g/mol. The maximum absolute atomic E-state index is 14.2. The summed E-state index contributed by atoms with van der Waals surface area (Å²) >= 11 is 0. The number of hydrogen-bond donors (Lipinski definition) is 1. The zero-order chi connectivity index (χ0) is 15.3. The van der Waals surface area contributed by atoms with Gasteiger partial charge in [-0.3, -0.25) is 0 Å². The molecule has 1 aromatic carbocycles. The van der Waals surface area contributed by atoms with Gasteiger partial charge in [0.2, 0.25) is 0 Å². The second-order valence-corrected chi connectivity index (χ2v) is 6.27. The van der Waals surface area contributed by atoms with Crippen LogP contribution in [0.2, 0.25) is 0 Å². The maximum atomic E-state index is 14.2. The summed E-state index contributed by atoms with van der Waals surface area (Å²) in [5.41, 5.74) is 1.61. The monoisotopic (exact) mass is 282 g/mol. The van der Waals surface area contributed by atoms with Crippen molar-refractivity contribution < 1.29 is 9.13 Å². The van der Waals surface area contributed by atoms with Crippen LogP contribution in [0.1, 0.15) is 33.3 Å². The summed E-state index contributed by atoms with van der Waals surface area (Å²) in [7, 11) is 3.57. The average molecular weight is 282 g/mol. The smallest absolute Gasteiger partial charge is 0.146 e. The summed E-state index contributed by atoms with van der Waals surface area (Å²) < 4.78 is 19.4. The Labute approximate surface area is 122 Å². The SMILES string of the molecule is COCC(C)N(C)c1c(F)cccc1CNC(C)(C)C. The lowest BCUT2D eigenvalue weighted by Gasteiger charge is -2.30. The van der Waals surface area contributed by atoms with Gasteiger partial charge in [-0.25, -0.2) is 4.39 Å². The van der Waals surface area contributed by atoms with Crippen LogP contribution in [0, 0.1) is 5.82 Å². The Hall–Kier alpha value is -1.13. The summed E-state index contributed by atoms with van der Waals surface area (Å²) in [4.78, 5) is 1.94. The molecule has 1 unspecified atom stereocenters. The number of hydrogen-bond acceptors (Lipinski definition) is 3. The van der Waals surface area contributed by atoms with E-state index in [1.54, 1.807) is 13.2 Å². The van der Waals surface area contributed by atoms with E-state index in [4.69, 9.17) is 4.74 Å². The molecule has 114 valence electrons. The van der Waals surface area contributed by atoms with Crippen LogP contribution in [0.25, 0.3) is 0 Å². The van der Waals surface area contributed by atoms with Crippen LogP contribution in [-0.2, 0) is 11.3 Å². The van der Waals surface area contributed by atoms with Crippen molar-refractivity contribution in [3.05, 3.63) is 29.6 Å². The van der Waals surface area contributed by atoms with Crippen LogP contribution in [0.4, 0.5) is 10.1 Å². The van der Waals surface area contributed by atoms with Gasteiger partial charge in [0.1, 0.15) is 5.82 Å². The molecule has 0 aromatic heterocycles. The largest absolute Gasteiger partial charge is 0.383 e. The Balaban J connectivity index is 2.98. The molecule has 0 saturated carbocycles. The molecule has 0 aliphatic heterocycles. The number of nitrogens with one attached hydrogen (secondary N) is 1. The Morgan fingerprint density at radius 3 is 2.55 bits per heavy atom. The van der Waals surface area contributed by atoms with Crippen LogP contribution >= 0.6 is 0 Å². The predicted octanol–water partition coefficient (Wildman–Crippen LogP) is 3.18. The third-order valence-corrected chi connectivity index (χ3v) is 3.30. The van der Waals surface area contributed by atoms with E-state index < -0.39 is 0 Å². The number of halogens is 1. The molecule has 1 aromatic rings. The van der Waals surface area contributed by atoms with Crippen molar-refractivity contribution in [2.45, 2.75) is 45.8 Å². The number of benzene rings is 1. The molecule has 1 atom stereocenters. The first-order valence-corrected chi connectivity index (χ1v) is 7.00. The molecule has 0 fully saturated rings. The van der Waals surface area contributed by atoms with Crippen LogP contribution in [0.3, 0.4) is 0 Å². The second kappa shape index (κ2) is 7.04. The van der Waals surface area contributed by atoms with Crippen LogP contribution < -0.4 is 10.2 Å². The molecule has 0 heterocycles. The van der Waals surface area contributed by atoms with E-state index in [0.717, 1.165) is 5.56 Å². The molecule has 3 nitrogen and oxygen atoms in total. The highest BCUT2D eigenvalue weighted by atomic mass is 19.1. The zero-order valence-electron chi connectivity index (χ0n) is 13.5. The van der Waals surface area contributed by atoms with Crippen molar-refractivity contribution in [1.82, 2.24) is 5.32 Å². The standard InChI is InChI=1S/C16H27FN2O/c1-12(11-20-6)19(5)15-13(8-7-9-14(15)17)10-18-16(2,3)4/h7-9,12,18H,10-11H2,1-6H3. The van der Waals surface area contributed by atoms with Gasteiger partial charge in [-0.05, 0) is 39.3 Å². The maximum Gasteiger partial charge on any atom is 0.146 e. The lowest BCUT2D eigenvalue weighted by molar-refractivity contribution is 0.183. The molecule has 4 heteroatoms. The van der Waals surface area contributed by atoms with Crippen molar-refractivity contribution in [3.8, 4) is 0 Å². The minimum Gasteiger partial charge on any atom is -0.383 e. The van der Waals surface area contributed by atoms with E-state index in [9.17, 15) is 4.39 Å². The average Bonchev–Trinajstić information content (AvgIpc) is 2.35. The van der Waals surface area contributed by atoms with Gasteiger partial charge in [0.25, 0.3) is 0 Å². The number of ether oxygens (including phenoxy) is 1. The van der Waals surface area contributed by atoms with Gasteiger partial charge < -0.3 is 15.0 Å². The Bertz CT molecular complexity index is 429. The Morgan fingerprint density at radius 2 is 2.00 bits per heavy atom. The number of anilines is 1. The third kappa shape index (κ3) is 4.76. The fourth-order valence-electron chi connectivity index (χ4n) is 2.03. The number of rotatable bonds is 6. The second-order valence-electron chi connectivity index (χ2n) is 6.27. The summed E-state index contributed by atoms with van der Waals surface area (Å²) in [6.45, 7) is 9.53. The van der Waals surface area contributed by atoms with Gasteiger partial charge in [-0.2, -0.15) is 0 Å². The molecule has 1 rings (SSSR count). The van der Waals surface area contributed by atoms with Gasteiger partial charge in [0.05, 0.1) is 12.3 Å². The minimum absolute atomic E-state index is 0.000302. The molecule has 0 radical (unpaired) electrons. The summed E-state index contributed by atoms with van der Waals surface area (Å²) in [5.74, 6) is -0.191. The molecule has 0 amide bonds. The van der Waals surface area contributed by atoms with Crippen molar-refractivity contribution >= 4 is 5.69 Å². The van der Waals surface area contributed by atoms with Crippen molar-refractivity contribution in [2.75, 3.05) is 25.7 Å². The topological polar surface area (TPSA) is 24.5 Å². The Kier molecular flexibility index (Phi) is 5.96. The van der Waals surface area contributed by atoms with Crippen LogP contribution in [0.5, 0.6) is 0 Å². The first-order valence-electron chi connectivity index (χ1n) is 7.00. The Morgan fingerprint density at radius 1 is 1.35 bits per heavy atom. The van der Waals surface area contributed by atoms with Crippen LogP contribution in [-0.4, -0.2) is 32.3 Å². The van der Waals surface area contributed by atoms with Crippen molar-refractivity contribution in [3.63, 3.8) is 0 Å². The molecule has 20 heavy (non-hydrogen) atoms. The van der Waals surface area contributed by atoms with Crippen molar-refractivity contribution in [2.24, 2.45) is 0 Å². The summed E-state index contributed by atoms with van der Waals surface area (Å²) in [5, 5.41) is 3.41. The van der Waals surface area contributed by atoms with Gasteiger partial charge in [0.15, 0.2) is 0 Å². The molecule has 0 aliphatic rings. The molecular formula is C16H27FN2O. The van der Waals surface area contributed by atoms with Gasteiger partial charge in [0, 0.05) is 32.3 Å². The van der Waals surface area contributed by atoms with Gasteiger partial charge in [-0.15, -0.1) is 0 Å². The van der Waals surface area contributed by atoms with Gasteiger partial charge >= 0.3 is 0 Å². The number of nitrogens with zero attached hydrogens (tertiary/aromatic N) is 1. The highest BCUT2D eigenvalue weighted by Gasteiger charge is 2.18. The lowest BCUT2D eigenvalue weighted by atomic mass is 10.1. The van der Waals surface area contributed by atoms with E-state index in [0.29, 0.717) is 18.8 Å². The summed E-state index contributed by atoms with van der Waals surface area (Å²) in [6, 6.07) is 5.34. The van der Waals surface area contributed by atoms with Crippen LogP contribution in [0.15, 0.2) is 18.2 Å². The molecule has 0 bridgehead atoms. The number of para-hydroxylation sites is 1. The van der Waals surface area contributed by atoms with E-state index in [-0.39, 0.29) is 17.4 Å². The fourth-order valence-corrected chi connectivity index (χ4v) is 2.03. The first kappa shape index (κ1) is 16.9. The highest BCUT2D eigenvalue weighted by Crippen LogP contribution is 2.25. The zero-order valence-corrected chi connectivity index (χ0v) is 13.5. The van der Waals surface area contributed by atoms with E-state index in [2.05, 4.69) is 26.1 Å². The quantitative estimate of drug-likeness (QED) is 0.867. The van der Waals surface area contributed by atoms with Crippen molar-refractivity contribution in [1.29, 1.82) is 0 Å². The summed E-state index contributed by atoms with van der Waals surface area (Å²) in [6.07, 6.45) is 0. The highest BCUT2D eigenvalue weighted by molar-refractivity contribution is 5.55. The van der Waals surface area contributed by atoms with E-state index >= 15 is 0 Å². The van der Waals surface area contributed by atoms with E-state index in [1.807, 2.05) is 24.9 Å². The minimum atomic E-state index is -0.191.